The highest BCUT2D eigenvalue weighted by atomic mass is 32.1. The Balaban J connectivity index is 1.48. The molecule has 0 aliphatic heterocycles. The fourth-order valence-corrected chi connectivity index (χ4v) is 4.55. The van der Waals surface area contributed by atoms with Gasteiger partial charge in [-0.3, -0.25) is 9.20 Å². The largest absolute Gasteiger partial charge is 0.436 e. The number of nitrogens with one attached hydrogen (secondary N) is 1. The van der Waals surface area contributed by atoms with Crippen LogP contribution < -0.4 is 5.32 Å². The minimum absolute atomic E-state index is 0.122. The van der Waals surface area contributed by atoms with Gasteiger partial charge in [0, 0.05) is 42.3 Å². The van der Waals surface area contributed by atoms with Gasteiger partial charge in [0.2, 0.25) is 11.5 Å². The number of rotatable bonds is 4. The molecule has 0 saturated carbocycles. The van der Waals surface area contributed by atoms with Gasteiger partial charge in [-0.2, -0.15) is 0 Å². The number of thiazole rings is 1. The predicted molar refractivity (Wildman–Crippen MR) is 123 cm³/mol. The van der Waals surface area contributed by atoms with Crippen LogP contribution in [0.3, 0.4) is 0 Å². The molecule has 166 valence electrons. The van der Waals surface area contributed by atoms with Crippen LogP contribution in [0.5, 0.6) is 0 Å². The Morgan fingerprint density at radius 1 is 1.09 bits per heavy atom. The summed E-state index contributed by atoms with van der Waals surface area (Å²) in [5, 5.41) is 3.70. The van der Waals surface area contributed by atoms with Crippen molar-refractivity contribution in [2.24, 2.45) is 0 Å². The molecule has 0 unspecified atom stereocenters. The molecular formula is C23H19FN6O2S. The van der Waals surface area contributed by atoms with E-state index in [-0.39, 0.29) is 11.3 Å². The average Bonchev–Trinajstić information content (AvgIpc) is 3.44. The summed E-state index contributed by atoms with van der Waals surface area (Å²) in [5.74, 6) is 0.0443. The van der Waals surface area contributed by atoms with Crippen molar-refractivity contribution >= 4 is 28.7 Å². The van der Waals surface area contributed by atoms with Gasteiger partial charge in [0.25, 0.3) is 5.91 Å². The number of fused-ring (bicyclic) bond motifs is 1. The molecule has 4 aromatic heterocycles. The van der Waals surface area contributed by atoms with Crippen molar-refractivity contribution in [3.63, 3.8) is 0 Å². The first-order valence-corrected chi connectivity index (χ1v) is 10.9. The Kier molecular flexibility index (Phi) is 5.01. The van der Waals surface area contributed by atoms with Gasteiger partial charge < -0.3 is 9.73 Å². The van der Waals surface area contributed by atoms with Gasteiger partial charge in [0.15, 0.2) is 5.89 Å². The monoisotopic (exact) mass is 462 g/mol. The van der Waals surface area contributed by atoms with E-state index in [9.17, 15) is 9.18 Å². The molecule has 0 fully saturated rings. The normalized spacial score (nSPS) is 11.3. The van der Waals surface area contributed by atoms with Crippen molar-refractivity contribution in [1.82, 2.24) is 24.3 Å². The number of aromatic nitrogens is 5. The van der Waals surface area contributed by atoms with Crippen LogP contribution in [-0.2, 0) is 0 Å². The summed E-state index contributed by atoms with van der Waals surface area (Å²) in [7, 11) is 0. The number of hydrogen-bond acceptors (Lipinski definition) is 7. The molecule has 0 atom stereocenters. The molecule has 1 amide bonds. The Morgan fingerprint density at radius 2 is 1.91 bits per heavy atom. The maximum Gasteiger partial charge on any atom is 0.293 e. The Labute approximate surface area is 192 Å². The first kappa shape index (κ1) is 21.0. The second-order valence-electron chi connectivity index (χ2n) is 7.62. The Bertz CT molecular complexity index is 1530. The molecule has 1 aromatic carbocycles. The number of benzene rings is 1. The number of carbonyl (C=O) groups is 1. The van der Waals surface area contributed by atoms with Gasteiger partial charge in [-0.25, -0.2) is 24.3 Å². The van der Waals surface area contributed by atoms with Crippen molar-refractivity contribution in [1.29, 1.82) is 0 Å². The highest BCUT2D eigenvalue weighted by molar-refractivity contribution is 7.15. The van der Waals surface area contributed by atoms with Gasteiger partial charge in [-0.05, 0) is 39.0 Å². The SMILES string of the molecule is Cc1nc(C)c(C(=O)Nc2ccc(F)c(-c3cn4cc(-c5sc(C)nc5C)cnc4n3)c2)o1. The number of amides is 1. The summed E-state index contributed by atoms with van der Waals surface area (Å²) in [6, 6.07) is 4.30. The number of anilines is 1. The molecule has 5 aromatic rings. The molecule has 10 heteroatoms. The van der Waals surface area contributed by atoms with Crippen molar-refractivity contribution in [2.75, 3.05) is 5.32 Å². The molecule has 0 bridgehead atoms. The smallest absolute Gasteiger partial charge is 0.293 e. The van der Waals surface area contributed by atoms with Gasteiger partial charge in [-0.1, -0.05) is 0 Å². The summed E-state index contributed by atoms with van der Waals surface area (Å²) in [5.41, 5.74) is 3.39. The van der Waals surface area contributed by atoms with Gasteiger partial charge >= 0.3 is 0 Å². The van der Waals surface area contributed by atoms with Gasteiger partial charge in [0.1, 0.15) is 5.82 Å². The lowest BCUT2D eigenvalue weighted by Gasteiger charge is -2.06. The van der Waals surface area contributed by atoms with Crippen LogP contribution in [0.2, 0.25) is 0 Å². The molecule has 8 nitrogen and oxygen atoms in total. The van der Waals surface area contributed by atoms with Crippen LogP contribution in [0.25, 0.3) is 27.5 Å². The topological polar surface area (TPSA) is 98.2 Å². The molecule has 4 heterocycles. The number of imidazole rings is 1. The predicted octanol–water partition coefficient (Wildman–Crippen LogP) is 5.13. The van der Waals surface area contributed by atoms with Crippen molar-refractivity contribution in [3.8, 4) is 21.7 Å². The second-order valence-corrected chi connectivity index (χ2v) is 8.82. The van der Waals surface area contributed by atoms with E-state index in [1.807, 2.05) is 20.0 Å². The zero-order valence-corrected chi connectivity index (χ0v) is 19.1. The molecule has 0 spiro atoms. The van der Waals surface area contributed by atoms with Crippen molar-refractivity contribution in [3.05, 3.63) is 70.7 Å². The average molecular weight is 463 g/mol. The fourth-order valence-electron chi connectivity index (χ4n) is 3.66. The molecule has 33 heavy (non-hydrogen) atoms. The standard InChI is InChI=1S/C23H19FN6O2S/c1-11-20(32-13(3)26-11)22(31)28-16-5-6-18(24)17(7-16)19-10-30-9-15(8-25-23(30)29-19)21-12(2)27-14(4)33-21/h5-10H,1-4H3,(H,28,31). The van der Waals surface area contributed by atoms with E-state index in [0.29, 0.717) is 28.7 Å². The maximum atomic E-state index is 14.7. The Hall–Kier alpha value is -3.92. The third-order valence-electron chi connectivity index (χ3n) is 5.09. The minimum Gasteiger partial charge on any atom is -0.436 e. The zero-order valence-electron chi connectivity index (χ0n) is 18.3. The molecule has 5 rings (SSSR count). The summed E-state index contributed by atoms with van der Waals surface area (Å²) >= 11 is 1.59. The molecule has 0 aliphatic carbocycles. The highest BCUT2D eigenvalue weighted by Gasteiger charge is 2.18. The molecule has 0 radical (unpaired) electrons. The van der Waals surface area contributed by atoms with Crippen LogP contribution in [0.1, 0.15) is 32.8 Å². The summed E-state index contributed by atoms with van der Waals surface area (Å²) < 4.78 is 21.8. The number of carbonyl (C=O) groups excluding carboxylic acids is 1. The number of halogens is 1. The first-order valence-electron chi connectivity index (χ1n) is 10.1. The van der Waals surface area contributed by atoms with E-state index in [2.05, 4.69) is 25.3 Å². The Morgan fingerprint density at radius 3 is 2.61 bits per heavy atom. The van der Waals surface area contributed by atoms with Crippen molar-refractivity contribution < 1.29 is 13.6 Å². The quantitative estimate of drug-likeness (QED) is 0.397. The summed E-state index contributed by atoms with van der Waals surface area (Å²) in [4.78, 5) is 31.0. The molecule has 0 aliphatic rings. The van der Waals surface area contributed by atoms with E-state index in [4.69, 9.17) is 4.42 Å². The summed E-state index contributed by atoms with van der Waals surface area (Å²) in [6.45, 7) is 7.27. The fraction of sp³-hybridized carbons (Fsp3) is 0.174. The molecular weight excluding hydrogens is 443 g/mol. The van der Waals surface area contributed by atoms with E-state index in [1.54, 1.807) is 42.0 Å². The zero-order chi connectivity index (χ0) is 23.3. The van der Waals surface area contributed by atoms with Crippen LogP contribution in [0, 0.1) is 33.5 Å². The van der Waals surface area contributed by atoms with E-state index >= 15 is 0 Å². The van der Waals surface area contributed by atoms with Crippen LogP contribution in [0.4, 0.5) is 10.1 Å². The molecule has 0 saturated heterocycles. The van der Waals surface area contributed by atoms with Crippen LogP contribution in [0.15, 0.2) is 41.2 Å². The maximum absolute atomic E-state index is 14.7. The molecule has 1 N–H and O–H groups in total. The van der Waals surface area contributed by atoms with Crippen LogP contribution >= 0.6 is 11.3 Å². The lowest BCUT2D eigenvalue weighted by Crippen LogP contribution is -2.12. The second kappa shape index (κ2) is 7.89. The van der Waals surface area contributed by atoms with Gasteiger partial charge in [-0.15, -0.1) is 11.3 Å². The lowest BCUT2D eigenvalue weighted by molar-refractivity contribution is 0.0994. The first-order chi connectivity index (χ1) is 15.8. The number of hydrogen-bond donors (Lipinski definition) is 1. The number of aryl methyl sites for hydroxylation is 4. The van der Waals surface area contributed by atoms with E-state index in [1.165, 1.54) is 18.2 Å². The lowest BCUT2D eigenvalue weighted by atomic mass is 10.1. The van der Waals surface area contributed by atoms with Crippen molar-refractivity contribution in [2.45, 2.75) is 27.7 Å². The number of oxazole rings is 1. The van der Waals surface area contributed by atoms with E-state index < -0.39 is 11.7 Å². The third kappa shape index (κ3) is 3.89. The van der Waals surface area contributed by atoms with Gasteiger partial charge in [0.05, 0.1) is 27.0 Å². The van der Waals surface area contributed by atoms with Crippen LogP contribution in [-0.4, -0.2) is 30.2 Å². The summed E-state index contributed by atoms with van der Waals surface area (Å²) in [6.07, 6.45) is 5.35. The highest BCUT2D eigenvalue weighted by Crippen LogP contribution is 2.30. The van der Waals surface area contributed by atoms with E-state index in [0.717, 1.165) is 21.1 Å². The third-order valence-corrected chi connectivity index (χ3v) is 6.21. The number of nitrogens with zero attached hydrogens (tertiary/aromatic N) is 5. The minimum atomic E-state index is -0.461.